The van der Waals surface area contributed by atoms with Crippen LogP contribution in [0.25, 0.3) is 0 Å². The van der Waals surface area contributed by atoms with Crippen LogP contribution in [0.15, 0.2) is 0 Å². The van der Waals surface area contributed by atoms with Crippen molar-refractivity contribution in [3.63, 3.8) is 0 Å². The maximum atomic E-state index is 9.43. The Balaban J connectivity index is 2.29. The predicted octanol–water partition coefficient (Wildman–Crippen LogP) is 1.47. The van der Waals surface area contributed by atoms with Crippen molar-refractivity contribution < 1.29 is 5.11 Å². The zero-order chi connectivity index (χ0) is 12.3. The fourth-order valence-electron chi connectivity index (χ4n) is 2.63. The van der Waals surface area contributed by atoms with Gasteiger partial charge >= 0.3 is 0 Å². The Morgan fingerprint density at radius 1 is 1.50 bits per heavy atom. The SMILES string of the molecule is CC(O)CC(C)(C)CNC1CC(C)N(C)C1. The molecule has 1 aliphatic rings. The van der Waals surface area contributed by atoms with Crippen LogP contribution in [0.5, 0.6) is 0 Å². The molecule has 0 spiro atoms. The monoisotopic (exact) mass is 228 g/mol. The summed E-state index contributed by atoms with van der Waals surface area (Å²) in [6.45, 7) is 10.7. The number of hydrogen-bond acceptors (Lipinski definition) is 3. The number of nitrogens with one attached hydrogen (secondary N) is 1. The van der Waals surface area contributed by atoms with Crippen molar-refractivity contribution in [1.29, 1.82) is 0 Å². The molecule has 1 aliphatic heterocycles. The van der Waals surface area contributed by atoms with Gasteiger partial charge in [-0.15, -0.1) is 0 Å². The summed E-state index contributed by atoms with van der Waals surface area (Å²) in [5.41, 5.74) is 0.179. The highest BCUT2D eigenvalue weighted by molar-refractivity contribution is 4.86. The van der Waals surface area contributed by atoms with Crippen LogP contribution >= 0.6 is 0 Å². The molecule has 1 fully saturated rings. The first kappa shape index (κ1) is 13.9. The van der Waals surface area contributed by atoms with E-state index in [0.717, 1.165) is 19.5 Å². The molecule has 0 radical (unpaired) electrons. The molecule has 0 aromatic carbocycles. The average molecular weight is 228 g/mol. The van der Waals surface area contributed by atoms with E-state index in [-0.39, 0.29) is 11.5 Å². The number of aliphatic hydroxyl groups is 1. The lowest BCUT2D eigenvalue weighted by Crippen LogP contribution is -2.39. The molecule has 0 saturated carbocycles. The van der Waals surface area contributed by atoms with Crippen LogP contribution in [0.1, 0.15) is 40.5 Å². The second-order valence-electron chi connectivity index (χ2n) is 6.32. The predicted molar refractivity (Wildman–Crippen MR) is 68.6 cm³/mol. The Morgan fingerprint density at radius 3 is 2.56 bits per heavy atom. The Labute approximate surface area is 100 Å². The van der Waals surface area contributed by atoms with Crippen LogP contribution in [-0.2, 0) is 0 Å². The third kappa shape index (κ3) is 4.40. The smallest absolute Gasteiger partial charge is 0.0517 e. The van der Waals surface area contributed by atoms with E-state index in [1.54, 1.807) is 0 Å². The van der Waals surface area contributed by atoms with E-state index in [4.69, 9.17) is 0 Å². The fourth-order valence-corrected chi connectivity index (χ4v) is 2.63. The molecule has 0 aliphatic carbocycles. The van der Waals surface area contributed by atoms with Crippen molar-refractivity contribution in [1.82, 2.24) is 10.2 Å². The van der Waals surface area contributed by atoms with Crippen molar-refractivity contribution in [3.05, 3.63) is 0 Å². The zero-order valence-electron chi connectivity index (χ0n) is 11.5. The van der Waals surface area contributed by atoms with E-state index in [2.05, 4.69) is 38.0 Å². The number of rotatable bonds is 5. The maximum absolute atomic E-state index is 9.43. The van der Waals surface area contributed by atoms with Crippen molar-refractivity contribution in [2.45, 2.75) is 58.7 Å². The molecule has 3 heteroatoms. The lowest BCUT2D eigenvalue weighted by molar-refractivity contribution is 0.126. The van der Waals surface area contributed by atoms with E-state index in [1.165, 1.54) is 6.42 Å². The van der Waals surface area contributed by atoms with Gasteiger partial charge in [0.2, 0.25) is 0 Å². The van der Waals surface area contributed by atoms with E-state index in [0.29, 0.717) is 12.1 Å². The highest BCUT2D eigenvalue weighted by Crippen LogP contribution is 2.22. The van der Waals surface area contributed by atoms with Gasteiger partial charge in [-0.1, -0.05) is 13.8 Å². The van der Waals surface area contributed by atoms with Gasteiger partial charge in [0, 0.05) is 25.2 Å². The van der Waals surface area contributed by atoms with Crippen molar-refractivity contribution in [2.75, 3.05) is 20.1 Å². The topological polar surface area (TPSA) is 35.5 Å². The number of hydrogen-bond donors (Lipinski definition) is 2. The summed E-state index contributed by atoms with van der Waals surface area (Å²) >= 11 is 0. The molecule has 0 bridgehead atoms. The van der Waals surface area contributed by atoms with Gasteiger partial charge in [-0.3, -0.25) is 0 Å². The zero-order valence-corrected chi connectivity index (χ0v) is 11.5. The standard InChI is InChI=1S/C13H28N2O/c1-10-6-12(8-15(10)5)14-9-13(3,4)7-11(2)16/h10-12,14,16H,6-9H2,1-5H3. The maximum Gasteiger partial charge on any atom is 0.0517 e. The summed E-state index contributed by atoms with van der Waals surface area (Å²) in [6, 6.07) is 1.31. The lowest BCUT2D eigenvalue weighted by Gasteiger charge is -2.28. The van der Waals surface area contributed by atoms with E-state index in [9.17, 15) is 5.11 Å². The van der Waals surface area contributed by atoms with Crippen LogP contribution in [0.3, 0.4) is 0 Å². The largest absolute Gasteiger partial charge is 0.393 e. The Bertz CT molecular complexity index is 206. The van der Waals surface area contributed by atoms with Gasteiger partial charge in [-0.25, -0.2) is 0 Å². The molecule has 0 amide bonds. The number of nitrogens with zero attached hydrogens (tertiary/aromatic N) is 1. The summed E-state index contributed by atoms with van der Waals surface area (Å²) in [6.07, 6.45) is 1.89. The minimum atomic E-state index is -0.207. The number of likely N-dealkylation sites (N-methyl/N-ethyl adjacent to an activating group) is 1. The first-order chi connectivity index (χ1) is 7.30. The van der Waals surface area contributed by atoms with E-state index < -0.39 is 0 Å². The van der Waals surface area contributed by atoms with Gasteiger partial charge in [-0.2, -0.15) is 0 Å². The highest BCUT2D eigenvalue weighted by Gasteiger charge is 2.28. The number of aliphatic hydroxyl groups excluding tert-OH is 1. The molecule has 3 unspecified atom stereocenters. The number of likely N-dealkylation sites (tertiary alicyclic amines) is 1. The molecule has 1 saturated heterocycles. The summed E-state index contributed by atoms with van der Waals surface area (Å²) in [7, 11) is 2.19. The van der Waals surface area contributed by atoms with E-state index in [1.807, 2.05) is 6.92 Å². The van der Waals surface area contributed by atoms with Gasteiger partial charge in [0.15, 0.2) is 0 Å². The molecule has 96 valence electrons. The Hall–Kier alpha value is -0.120. The lowest BCUT2D eigenvalue weighted by atomic mass is 9.86. The molecule has 3 atom stereocenters. The third-order valence-corrected chi connectivity index (χ3v) is 3.60. The van der Waals surface area contributed by atoms with Crippen molar-refractivity contribution >= 4 is 0 Å². The van der Waals surface area contributed by atoms with Crippen LogP contribution in [0, 0.1) is 5.41 Å². The molecule has 2 N–H and O–H groups in total. The minimum Gasteiger partial charge on any atom is -0.393 e. The van der Waals surface area contributed by atoms with Crippen LogP contribution in [-0.4, -0.2) is 48.3 Å². The van der Waals surface area contributed by atoms with Crippen LogP contribution < -0.4 is 5.32 Å². The summed E-state index contributed by atoms with van der Waals surface area (Å²) < 4.78 is 0. The summed E-state index contributed by atoms with van der Waals surface area (Å²) in [4.78, 5) is 2.40. The van der Waals surface area contributed by atoms with Gasteiger partial charge in [0.05, 0.1) is 6.10 Å². The van der Waals surface area contributed by atoms with Gasteiger partial charge in [0.25, 0.3) is 0 Å². The molecule has 0 aromatic heterocycles. The average Bonchev–Trinajstić information content (AvgIpc) is 2.41. The van der Waals surface area contributed by atoms with Crippen LogP contribution in [0.4, 0.5) is 0 Å². The molecule has 0 aromatic rings. The molecule has 16 heavy (non-hydrogen) atoms. The van der Waals surface area contributed by atoms with Crippen LogP contribution in [0.2, 0.25) is 0 Å². The molecular weight excluding hydrogens is 200 g/mol. The Kier molecular flexibility index (Phi) is 4.77. The van der Waals surface area contributed by atoms with Gasteiger partial charge < -0.3 is 15.3 Å². The first-order valence-electron chi connectivity index (χ1n) is 6.42. The molecule has 3 nitrogen and oxygen atoms in total. The first-order valence-corrected chi connectivity index (χ1v) is 6.42. The third-order valence-electron chi connectivity index (χ3n) is 3.60. The molecule has 1 heterocycles. The molecule has 1 rings (SSSR count). The quantitative estimate of drug-likeness (QED) is 0.748. The Morgan fingerprint density at radius 2 is 2.12 bits per heavy atom. The van der Waals surface area contributed by atoms with E-state index >= 15 is 0 Å². The van der Waals surface area contributed by atoms with Crippen molar-refractivity contribution in [2.24, 2.45) is 5.41 Å². The normalized spacial score (nSPS) is 29.6. The van der Waals surface area contributed by atoms with Gasteiger partial charge in [0.1, 0.15) is 0 Å². The van der Waals surface area contributed by atoms with Gasteiger partial charge in [-0.05, 0) is 39.2 Å². The fraction of sp³-hybridized carbons (Fsp3) is 1.00. The van der Waals surface area contributed by atoms with Crippen molar-refractivity contribution in [3.8, 4) is 0 Å². The second kappa shape index (κ2) is 5.48. The second-order valence-corrected chi connectivity index (χ2v) is 6.32. The summed E-state index contributed by atoms with van der Waals surface area (Å²) in [5, 5.41) is 13.1. The summed E-state index contributed by atoms with van der Waals surface area (Å²) in [5.74, 6) is 0. The highest BCUT2D eigenvalue weighted by atomic mass is 16.3. The molecular formula is C13H28N2O. The minimum absolute atomic E-state index is 0.179.